The lowest BCUT2D eigenvalue weighted by Gasteiger charge is -2.29. The molecule has 6 heteroatoms. The molecule has 1 rings (SSSR count). The van der Waals surface area contributed by atoms with Gasteiger partial charge in [0.25, 0.3) is 0 Å². The van der Waals surface area contributed by atoms with E-state index in [1.165, 1.54) is 0 Å². The van der Waals surface area contributed by atoms with Crippen LogP contribution in [0.4, 0.5) is 0 Å². The molecular weight excluding hydrogens is 224 g/mol. The predicted molar refractivity (Wildman–Crippen MR) is 59.8 cm³/mol. The lowest BCUT2D eigenvalue weighted by Crippen LogP contribution is -2.37. The summed E-state index contributed by atoms with van der Waals surface area (Å²) >= 11 is 0. The Hall–Kier alpha value is 0.160. The van der Waals surface area contributed by atoms with E-state index in [1.54, 1.807) is 6.92 Å². The molecular formula is C8H19ClN2O2S. The van der Waals surface area contributed by atoms with Crippen molar-refractivity contribution in [2.75, 3.05) is 0 Å². The number of hydrogen-bond acceptors (Lipinski definition) is 3. The summed E-state index contributed by atoms with van der Waals surface area (Å²) in [4.78, 5) is 0. The van der Waals surface area contributed by atoms with Crippen molar-refractivity contribution in [1.29, 1.82) is 0 Å². The van der Waals surface area contributed by atoms with Gasteiger partial charge in [0.05, 0.1) is 5.25 Å². The Morgan fingerprint density at radius 1 is 1.21 bits per heavy atom. The molecule has 0 radical (unpaired) electrons. The minimum atomic E-state index is -3.36. The summed E-state index contributed by atoms with van der Waals surface area (Å²) in [6.45, 7) is 1.69. The van der Waals surface area contributed by atoms with Gasteiger partial charge in [-0.15, -0.1) is 12.4 Å². The maximum Gasteiger partial charge on any atom is 0.211 e. The third-order valence-corrected chi connectivity index (χ3v) is 4.42. The maximum atomic E-state index is 11.1. The van der Waals surface area contributed by atoms with E-state index in [2.05, 4.69) is 0 Å². The third-order valence-electron chi connectivity index (χ3n) is 3.00. The summed E-state index contributed by atoms with van der Waals surface area (Å²) in [5.41, 5.74) is 5.73. The highest BCUT2D eigenvalue weighted by Gasteiger charge is 2.29. The van der Waals surface area contributed by atoms with Gasteiger partial charge in [0.2, 0.25) is 10.0 Å². The Kier molecular flexibility index (Phi) is 5.36. The molecule has 0 amide bonds. The monoisotopic (exact) mass is 242 g/mol. The van der Waals surface area contributed by atoms with Gasteiger partial charge < -0.3 is 5.73 Å². The number of rotatable bonds is 2. The molecule has 1 fully saturated rings. The lowest BCUT2D eigenvalue weighted by atomic mass is 9.85. The van der Waals surface area contributed by atoms with Crippen molar-refractivity contribution in [3.63, 3.8) is 0 Å². The average molecular weight is 243 g/mol. The summed E-state index contributed by atoms with van der Waals surface area (Å²) in [5.74, 6) is 0.204. The van der Waals surface area contributed by atoms with Crippen LogP contribution in [0.15, 0.2) is 0 Å². The third kappa shape index (κ3) is 3.73. The van der Waals surface area contributed by atoms with E-state index in [9.17, 15) is 8.42 Å². The normalized spacial score (nSPS) is 30.5. The van der Waals surface area contributed by atoms with E-state index in [1.807, 2.05) is 0 Å². The maximum absolute atomic E-state index is 11.1. The molecule has 0 aromatic carbocycles. The quantitative estimate of drug-likeness (QED) is 0.744. The molecule has 0 bridgehead atoms. The van der Waals surface area contributed by atoms with Gasteiger partial charge in [-0.25, -0.2) is 13.6 Å². The molecule has 0 aromatic heterocycles. The van der Waals surface area contributed by atoms with E-state index < -0.39 is 15.3 Å². The highest BCUT2D eigenvalue weighted by Crippen LogP contribution is 2.28. The zero-order chi connectivity index (χ0) is 10.1. The van der Waals surface area contributed by atoms with Crippen molar-refractivity contribution in [2.24, 2.45) is 16.8 Å². The molecule has 4 nitrogen and oxygen atoms in total. The number of nitrogens with two attached hydrogens (primary N) is 2. The molecule has 4 N–H and O–H groups in total. The first-order valence-corrected chi connectivity index (χ1v) is 6.29. The minimum Gasteiger partial charge on any atom is -0.328 e. The number of sulfonamides is 1. The van der Waals surface area contributed by atoms with Crippen LogP contribution in [0.1, 0.15) is 32.6 Å². The summed E-state index contributed by atoms with van der Waals surface area (Å²) in [5, 5.41) is 4.67. The van der Waals surface area contributed by atoms with Crippen molar-refractivity contribution in [3.05, 3.63) is 0 Å². The van der Waals surface area contributed by atoms with Crippen LogP contribution >= 0.6 is 12.4 Å². The molecule has 14 heavy (non-hydrogen) atoms. The molecule has 1 unspecified atom stereocenters. The van der Waals surface area contributed by atoms with Gasteiger partial charge in [0, 0.05) is 6.04 Å². The predicted octanol–water partition coefficient (Wildman–Crippen LogP) is 0.603. The van der Waals surface area contributed by atoms with Gasteiger partial charge in [-0.3, -0.25) is 0 Å². The molecule has 1 atom stereocenters. The highest BCUT2D eigenvalue weighted by molar-refractivity contribution is 7.89. The first-order chi connectivity index (χ1) is 5.91. The zero-order valence-corrected chi connectivity index (χ0v) is 9.98. The fourth-order valence-electron chi connectivity index (χ4n) is 1.88. The lowest BCUT2D eigenvalue weighted by molar-refractivity contribution is 0.319. The van der Waals surface area contributed by atoms with Gasteiger partial charge >= 0.3 is 0 Å². The van der Waals surface area contributed by atoms with Crippen molar-refractivity contribution < 1.29 is 8.42 Å². The van der Waals surface area contributed by atoms with Gasteiger partial charge in [0.15, 0.2) is 0 Å². The van der Waals surface area contributed by atoms with Crippen molar-refractivity contribution in [1.82, 2.24) is 0 Å². The summed E-state index contributed by atoms with van der Waals surface area (Å²) in [6, 6.07) is 0.254. The molecule has 1 aliphatic carbocycles. The first kappa shape index (κ1) is 14.2. The number of primary sulfonamides is 1. The van der Waals surface area contributed by atoms with Crippen LogP contribution < -0.4 is 10.9 Å². The van der Waals surface area contributed by atoms with E-state index in [0.29, 0.717) is 0 Å². The summed E-state index contributed by atoms with van der Waals surface area (Å²) in [7, 11) is -3.36. The van der Waals surface area contributed by atoms with Gasteiger partial charge in [0.1, 0.15) is 0 Å². The second-order valence-corrected chi connectivity index (χ2v) is 5.89. The Bertz CT molecular complexity index is 261. The molecule has 0 saturated heterocycles. The number of halogens is 1. The molecule has 0 heterocycles. The highest BCUT2D eigenvalue weighted by atomic mass is 35.5. The molecule has 0 aliphatic heterocycles. The SMILES string of the molecule is CC(C1CCC(N)CC1)S(N)(=O)=O.Cl. The molecule has 0 aromatic rings. The Morgan fingerprint density at radius 3 is 2.00 bits per heavy atom. The molecule has 86 valence electrons. The van der Waals surface area contributed by atoms with Gasteiger partial charge in [-0.05, 0) is 38.5 Å². The second-order valence-electron chi connectivity index (χ2n) is 3.97. The van der Waals surface area contributed by atoms with E-state index in [0.717, 1.165) is 25.7 Å². The zero-order valence-electron chi connectivity index (χ0n) is 8.35. The smallest absolute Gasteiger partial charge is 0.211 e. The Labute approximate surface area is 91.9 Å². The largest absolute Gasteiger partial charge is 0.328 e. The second kappa shape index (κ2) is 5.30. The summed E-state index contributed by atoms with van der Waals surface area (Å²) < 4.78 is 22.1. The van der Waals surface area contributed by atoms with Gasteiger partial charge in [-0.1, -0.05) is 0 Å². The molecule has 1 aliphatic rings. The molecule has 0 spiro atoms. The van der Waals surface area contributed by atoms with E-state index in [-0.39, 0.29) is 24.4 Å². The average Bonchev–Trinajstić information content (AvgIpc) is 2.03. The number of hydrogen-bond donors (Lipinski definition) is 2. The van der Waals surface area contributed by atoms with E-state index >= 15 is 0 Å². The van der Waals surface area contributed by atoms with Crippen LogP contribution in [0.25, 0.3) is 0 Å². The van der Waals surface area contributed by atoms with Crippen molar-refractivity contribution >= 4 is 22.4 Å². The Balaban J connectivity index is 0.00000169. The van der Waals surface area contributed by atoms with E-state index in [4.69, 9.17) is 10.9 Å². The van der Waals surface area contributed by atoms with Crippen molar-refractivity contribution in [3.8, 4) is 0 Å². The van der Waals surface area contributed by atoms with Crippen LogP contribution in [0, 0.1) is 5.92 Å². The van der Waals surface area contributed by atoms with Crippen LogP contribution in [-0.4, -0.2) is 19.7 Å². The molecule has 1 saturated carbocycles. The van der Waals surface area contributed by atoms with Crippen LogP contribution in [0.5, 0.6) is 0 Å². The fraction of sp³-hybridized carbons (Fsp3) is 1.00. The first-order valence-electron chi connectivity index (χ1n) is 4.68. The fourth-order valence-corrected chi connectivity index (χ4v) is 2.69. The topological polar surface area (TPSA) is 86.2 Å². The summed E-state index contributed by atoms with van der Waals surface area (Å²) in [6.07, 6.45) is 3.62. The van der Waals surface area contributed by atoms with Crippen molar-refractivity contribution in [2.45, 2.75) is 43.9 Å². The van der Waals surface area contributed by atoms with Crippen LogP contribution in [0.2, 0.25) is 0 Å². The van der Waals surface area contributed by atoms with Gasteiger partial charge in [-0.2, -0.15) is 0 Å². The van der Waals surface area contributed by atoms with Crippen LogP contribution in [-0.2, 0) is 10.0 Å². The van der Waals surface area contributed by atoms with Crippen LogP contribution in [0.3, 0.4) is 0 Å². The Morgan fingerprint density at radius 2 is 1.64 bits per heavy atom. The minimum absolute atomic E-state index is 0. The standard InChI is InChI=1S/C8H18N2O2S.ClH/c1-6(13(10,11)12)7-2-4-8(9)5-3-7;/h6-8H,2-5,9H2,1H3,(H2,10,11,12);1H.